The van der Waals surface area contributed by atoms with Gasteiger partial charge in [-0.2, -0.15) is 12.6 Å². The Bertz CT molecular complexity index is 581. The van der Waals surface area contributed by atoms with E-state index in [9.17, 15) is 9.18 Å². The molecular weight excluding hydrogens is 347 g/mol. The number of amides is 1. The number of carbonyl (C=O) groups excluding carboxylic acids is 1. The Morgan fingerprint density at radius 2 is 1.96 bits per heavy atom. The number of anilines is 1. The van der Waals surface area contributed by atoms with E-state index in [0.29, 0.717) is 12.3 Å². The molecule has 148 valence electrons. The van der Waals surface area contributed by atoms with E-state index in [2.05, 4.69) is 31.8 Å². The van der Waals surface area contributed by atoms with E-state index in [1.807, 2.05) is 19.9 Å². The number of aryl methyl sites for hydroxylation is 1. The van der Waals surface area contributed by atoms with Gasteiger partial charge in [-0.3, -0.25) is 4.79 Å². The predicted molar refractivity (Wildman–Crippen MR) is 112 cm³/mol. The molecule has 3 atom stereocenters. The lowest BCUT2D eigenvalue weighted by Gasteiger charge is -2.29. The van der Waals surface area contributed by atoms with Crippen LogP contribution in [0.5, 0.6) is 0 Å². The molecule has 0 spiro atoms. The Kier molecular flexibility index (Phi) is 9.48. The first-order chi connectivity index (χ1) is 12.3. The summed E-state index contributed by atoms with van der Waals surface area (Å²) in [7, 11) is 0. The highest BCUT2D eigenvalue weighted by Crippen LogP contribution is 2.32. The zero-order valence-electron chi connectivity index (χ0n) is 16.6. The van der Waals surface area contributed by atoms with Crippen molar-refractivity contribution in [1.82, 2.24) is 0 Å². The lowest BCUT2D eigenvalue weighted by atomic mass is 9.84. The van der Waals surface area contributed by atoms with Crippen LogP contribution in [0.3, 0.4) is 0 Å². The van der Waals surface area contributed by atoms with Crippen molar-refractivity contribution in [3.8, 4) is 0 Å². The van der Waals surface area contributed by atoms with Gasteiger partial charge in [0.2, 0.25) is 5.91 Å². The third-order valence-corrected chi connectivity index (χ3v) is 5.94. The SMILES string of the molecule is CCCC(CCC(C)Nc1ccc(F)cc1CC)CC(S)(CC)C(N)=O. The van der Waals surface area contributed by atoms with Crippen LogP contribution >= 0.6 is 12.6 Å². The molecule has 3 nitrogen and oxygen atoms in total. The van der Waals surface area contributed by atoms with Crippen LogP contribution in [-0.4, -0.2) is 16.7 Å². The van der Waals surface area contributed by atoms with Crippen molar-refractivity contribution in [3.63, 3.8) is 0 Å². The van der Waals surface area contributed by atoms with Gasteiger partial charge in [0, 0.05) is 11.7 Å². The van der Waals surface area contributed by atoms with Crippen molar-refractivity contribution in [2.24, 2.45) is 11.7 Å². The molecule has 0 saturated heterocycles. The molecule has 0 aliphatic rings. The maximum atomic E-state index is 13.4. The summed E-state index contributed by atoms with van der Waals surface area (Å²) in [4.78, 5) is 11.8. The maximum Gasteiger partial charge on any atom is 0.233 e. The zero-order valence-corrected chi connectivity index (χ0v) is 17.5. The first-order valence-electron chi connectivity index (χ1n) is 9.82. The lowest BCUT2D eigenvalue weighted by molar-refractivity contribution is -0.120. The average molecular weight is 383 g/mol. The Labute approximate surface area is 163 Å². The molecule has 0 aromatic heterocycles. The molecule has 0 bridgehead atoms. The normalized spacial score (nSPS) is 15.9. The van der Waals surface area contributed by atoms with E-state index in [-0.39, 0.29) is 17.8 Å². The fourth-order valence-electron chi connectivity index (χ4n) is 3.47. The van der Waals surface area contributed by atoms with Gasteiger partial charge >= 0.3 is 0 Å². The summed E-state index contributed by atoms with van der Waals surface area (Å²) < 4.78 is 12.7. The highest BCUT2D eigenvalue weighted by atomic mass is 32.1. The van der Waals surface area contributed by atoms with Gasteiger partial charge in [-0.15, -0.1) is 0 Å². The molecule has 0 fully saturated rings. The molecule has 1 rings (SSSR count). The number of nitrogens with two attached hydrogens (primary N) is 1. The smallest absolute Gasteiger partial charge is 0.233 e. The fourth-order valence-corrected chi connectivity index (χ4v) is 3.73. The first kappa shape index (κ1) is 22.8. The molecule has 1 aromatic rings. The number of hydrogen-bond donors (Lipinski definition) is 3. The topological polar surface area (TPSA) is 55.1 Å². The first-order valence-corrected chi connectivity index (χ1v) is 10.3. The molecule has 1 aromatic carbocycles. The van der Waals surface area contributed by atoms with Crippen LogP contribution in [-0.2, 0) is 11.2 Å². The van der Waals surface area contributed by atoms with Crippen LogP contribution in [0.4, 0.5) is 10.1 Å². The van der Waals surface area contributed by atoms with E-state index < -0.39 is 4.75 Å². The molecule has 5 heteroatoms. The zero-order chi connectivity index (χ0) is 19.7. The summed E-state index contributed by atoms with van der Waals surface area (Å²) in [6.07, 6.45) is 6.31. The number of halogens is 1. The van der Waals surface area contributed by atoms with Crippen molar-refractivity contribution in [2.75, 3.05) is 5.32 Å². The van der Waals surface area contributed by atoms with Crippen molar-refractivity contribution in [1.29, 1.82) is 0 Å². The van der Waals surface area contributed by atoms with Crippen molar-refractivity contribution >= 4 is 24.2 Å². The van der Waals surface area contributed by atoms with Gasteiger partial charge in [-0.05, 0) is 68.7 Å². The second kappa shape index (κ2) is 10.8. The Hall–Kier alpha value is -1.23. The van der Waals surface area contributed by atoms with E-state index in [0.717, 1.165) is 49.8 Å². The highest BCUT2D eigenvalue weighted by Gasteiger charge is 2.33. The van der Waals surface area contributed by atoms with Crippen molar-refractivity contribution in [3.05, 3.63) is 29.6 Å². The van der Waals surface area contributed by atoms with E-state index in [1.54, 1.807) is 6.07 Å². The Balaban J connectivity index is 2.67. The highest BCUT2D eigenvalue weighted by molar-refractivity contribution is 7.82. The maximum absolute atomic E-state index is 13.4. The summed E-state index contributed by atoms with van der Waals surface area (Å²) in [5.74, 6) is -0.0956. The van der Waals surface area contributed by atoms with Gasteiger partial charge in [0.15, 0.2) is 0 Å². The number of hydrogen-bond acceptors (Lipinski definition) is 3. The standard InChI is InChI=1S/C21H35FN2OS/c1-5-8-16(14-21(26,7-3)20(23)25)10-9-15(4)24-19-12-11-18(22)13-17(19)6-2/h11-13,15-16,24,26H,5-10,14H2,1-4H3,(H2,23,25). The molecule has 3 unspecified atom stereocenters. The minimum atomic E-state index is -0.719. The molecule has 3 N–H and O–H groups in total. The molecule has 0 heterocycles. The molecular formula is C21H35FN2OS. The van der Waals surface area contributed by atoms with Crippen molar-refractivity contribution in [2.45, 2.75) is 83.4 Å². The van der Waals surface area contributed by atoms with E-state index >= 15 is 0 Å². The molecule has 26 heavy (non-hydrogen) atoms. The molecule has 0 aliphatic carbocycles. The van der Waals surface area contributed by atoms with Gasteiger partial charge in [0.25, 0.3) is 0 Å². The van der Waals surface area contributed by atoms with Crippen LogP contribution in [0.2, 0.25) is 0 Å². The van der Waals surface area contributed by atoms with Gasteiger partial charge < -0.3 is 11.1 Å². The molecule has 0 radical (unpaired) electrons. The monoisotopic (exact) mass is 382 g/mol. The van der Waals surface area contributed by atoms with Gasteiger partial charge in [0.05, 0.1) is 4.75 Å². The third-order valence-electron chi connectivity index (χ3n) is 5.22. The van der Waals surface area contributed by atoms with Crippen LogP contribution < -0.4 is 11.1 Å². The second-order valence-corrected chi connectivity index (χ2v) is 8.24. The van der Waals surface area contributed by atoms with Crippen LogP contribution in [0.1, 0.15) is 71.8 Å². The number of rotatable bonds is 12. The number of primary amides is 1. The number of thiol groups is 1. The van der Waals surface area contributed by atoms with Gasteiger partial charge in [-0.25, -0.2) is 4.39 Å². The van der Waals surface area contributed by atoms with Crippen LogP contribution in [0.15, 0.2) is 18.2 Å². The minimum absolute atomic E-state index is 0.195. The van der Waals surface area contributed by atoms with Crippen molar-refractivity contribution < 1.29 is 9.18 Å². The van der Waals surface area contributed by atoms with E-state index in [4.69, 9.17) is 5.73 Å². The van der Waals surface area contributed by atoms with E-state index in [1.165, 1.54) is 6.07 Å². The molecule has 1 amide bonds. The fraction of sp³-hybridized carbons (Fsp3) is 0.667. The Morgan fingerprint density at radius 3 is 2.50 bits per heavy atom. The summed E-state index contributed by atoms with van der Waals surface area (Å²) >= 11 is 4.58. The molecule has 0 saturated carbocycles. The quantitative estimate of drug-likeness (QED) is 0.427. The average Bonchev–Trinajstić information content (AvgIpc) is 2.61. The molecule has 0 aliphatic heterocycles. The van der Waals surface area contributed by atoms with Gasteiger partial charge in [-0.1, -0.05) is 33.6 Å². The number of carbonyl (C=O) groups is 1. The lowest BCUT2D eigenvalue weighted by Crippen LogP contribution is -2.40. The summed E-state index contributed by atoms with van der Waals surface area (Å²) in [6, 6.07) is 5.18. The number of benzene rings is 1. The second-order valence-electron chi connectivity index (χ2n) is 7.39. The summed E-state index contributed by atoms with van der Waals surface area (Å²) in [5, 5.41) is 3.51. The Morgan fingerprint density at radius 1 is 1.27 bits per heavy atom. The van der Waals surface area contributed by atoms with Gasteiger partial charge in [0.1, 0.15) is 5.82 Å². The van der Waals surface area contributed by atoms with Crippen LogP contribution in [0.25, 0.3) is 0 Å². The third kappa shape index (κ3) is 6.82. The number of nitrogens with one attached hydrogen (secondary N) is 1. The largest absolute Gasteiger partial charge is 0.382 e. The predicted octanol–water partition coefficient (Wildman–Crippen LogP) is 5.34. The minimum Gasteiger partial charge on any atom is -0.382 e. The summed E-state index contributed by atoms with van der Waals surface area (Å²) in [6.45, 7) is 8.30. The summed E-state index contributed by atoms with van der Waals surface area (Å²) in [5.41, 5.74) is 7.57. The van der Waals surface area contributed by atoms with Crippen LogP contribution in [0, 0.1) is 11.7 Å².